The number of aromatic nitrogens is 3. The Balaban J connectivity index is 1.79. The Hall–Kier alpha value is -1.95. The van der Waals surface area contributed by atoms with Gasteiger partial charge in [-0.3, -0.25) is 9.69 Å². The molecule has 1 N–H and O–H groups in total. The van der Waals surface area contributed by atoms with E-state index in [1.807, 2.05) is 0 Å². The molecule has 0 spiro atoms. The largest absolute Gasteiger partial charge is 0.448 e. The molecule has 6 heteroatoms. The maximum atomic E-state index is 12.1. The molecule has 3 rings (SSSR count). The summed E-state index contributed by atoms with van der Waals surface area (Å²) in [6, 6.07) is 0. The first-order valence-corrected chi connectivity index (χ1v) is 6.98. The van der Waals surface area contributed by atoms with E-state index in [-0.39, 0.29) is 5.56 Å². The van der Waals surface area contributed by atoms with Crippen molar-refractivity contribution in [3.05, 3.63) is 45.8 Å². The van der Waals surface area contributed by atoms with Crippen LogP contribution in [0.4, 0.5) is 0 Å². The maximum absolute atomic E-state index is 12.1. The van der Waals surface area contributed by atoms with E-state index in [1.165, 1.54) is 0 Å². The van der Waals surface area contributed by atoms with Crippen LogP contribution in [0, 0.1) is 0 Å². The molecule has 0 saturated carbocycles. The highest BCUT2D eigenvalue weighted by Crippen LogP contribution is 2.16. The zero-order valence-electron chi connectivity index (χ0n) is 11.6. The van der Waals surface area contributed by atoms with Gasteiger partial charge in [-0.05, 0) is 6.42 Å². The van der Waals surface area contributed by atoms with Gasteiger partial charge >= 0.3 is 0 Å². The van der Waals surface area contributed by atoms with Crippen LogP contribution >= 0.6 is 0 Å². The van der Waals surface area contributed by atoms with Crippen molar-refractivity contribution in [3.63, 3.8) is 0 Å². The monoisotopic (exact) mass is 274 g/mol. The SMILES string of the molecule is CCCc1nc2c(c(=O)[nH]1)CN(Cc1ncco1)CC2. The van der Waals surface area contributed by atoms with E-state index in [1.54, 1.807) is 12.5 Å². The molecule has 0 saturated heterocycles. The number of hydrogen-bond donors (Lipinski definition) is 1. The zero-order valence-corrected chi connectivity index (χ0v) is 11.6. The maximum Gasteiger partial charge on any atom is 0.255 e. The Morgan fingerprint density at radius 2 is 2.40 bits per heavy atom. The summed E-state index contributed by atoms with van der Waals surface area (Å²) >= 11 is 0. The van der Waals surface area contributed by atoms with Crippen molar-refractivity contribution in [1.82, 2.24) is 19.9 Å². The number of fused-ring (bicyclic) bond motifs is 1. The molecule has 0 aliphatic carbocycles. The first-order valence-electron chi connectivity index (χ1n) is 6.98. The highest BCUT2D eigenvalue weighted by atomic mass is 16.3. The summed E-state index contributed by atoms with van der Waals surface area (Å²) < 4.78 is 5.25. The lowest BCUT2D eigenvalue weighted by molar-refractivity contribution is 0.218. The second-order valence-corrected chi connectivity index (χ2v) is 5.07. The predicted octanol–water partition coefficient (Wildman–Crippen LogP) is 1.27. The summed E-state index contributed by atoms with van der Waals surface area (Å²) in [5.41, 5.74) is 1.72. The number of nitrogens with zero attached hydrogens (tertiary/aromatic N) is 3. The molecule has 0 unspecified atom stereocenters. The van der Waals surface area contributed by atoms with Crippen LogP contribution in [0.15, 0.2) is 21.7 Å². The van der Waals surface area contributed by atoms with Gasteiger partial charge in [0.1, 0.15) is 12.1 Å². The zero-order chi connectivity index (χ0) is 13.9. The fourth-order valence-corrected chi connectivity index (χ4v) is 2.54. The van der Waals surface area contributed by atoms with Crippen molar-refractivity contribution in [2.45, 2.75) is 39.3 Å². The number of aromatic amines is 1. The Bertz CT molecular complexity index is 633. The normalized spacial score (nSPS) is 15.2. The topological polar surface area (TPSA) is 75.0 Å². The van der Waals surface area contributed by atoms with E-state index in [4.69, 9.17) is 4.42 Å². The van der Waals surface area contributed by atoms with Gasteiger partial charge in [-0.2, -0.15) is 0 Å². The van der Waals surface area contributed by atoms with Gasteiger partial charge in [0.05, 0.1) is 24.0 Å². The van der Waals surface area contributed by atoms with Gasteiger partial charge in [0, 0.05) is 25.9 Å². The molecular weight excluding hydrogens is 256 g/mol. The van der Waals surface area contributed by atoms with Gasteiger partial charge in [-0.15, -0.1) is 0 Å². The van der Waals surface area contributed by atoms with E-state index >= 15 is 0 Å². The number of oxazole rings is 1. The minimum atomic E-state index is -0.00412. The Kier molecular flexibility index (Phi) is 3.64. The van der Waals surface area contributed by atoms with Crippen LogP contribution in [0.25, 0.3) is 0 Å². The van der Waals surface area contributed by atoms with Crippen LogP contribution in [-0.2, 0) is 25.9 Å². The Morgan fingerprint density at radius 3 is 3.15 bits per heavy atom. The minimum absolute atomic E-state index is 0.00412. The van der Waals surface area contributed by atoms with Crippen LogP contribution in [0.3, 0.4) is 0 Å². The summed E-state index contributed by atoms with van der Waals surface area (Å²) in [6.07, 6.45) is 5.81. The van der Waals surface area contributed by atoms with Gasteiger partial charge < -0.3 is 9.40 Å². The average Bonchev–Trinajstić information content (AvgIpc) is 2.93. The Labute approximate surface area is 116 Å². The van der Waals surface area contributed by atoms with Gasteiger partial charge in [0.15, 0.2) is 0 Å². The molecule has 0 atom stereocenters. The molecule has 2 aromatic heterocycles. The highest BCUT2D eigenvalue weighted by Gasteiger charge is 2.21. The first-order chi connectivity index (χ1) is 9.76. The lowest BCUT2D eigenvalue weighted by atomic mass is 10.1. The second kappa shape index (κ2) is 5.58. The van der Waals surface area contributed by atoms with Crippen LogP contribution in [0.1, 0.15) is 36.3 Å². The highest BCUT2D eigenvalue weighted by molar-refractivity contribution is 5.21. The van der Waals surface area contributed by atoms with E-state index in [2.05, 4.69) is 26.8 Å². The van der Waals surface area contributed by atoms with E-state index in [9.17, 15) is 4.79 Å². The number of hydrogen-bond acceptors (Lipinski definition) is 5. The molecular formula is C14H18N4O2. The smallest absolute Gasteiger partial charge is 0.255 e. The number of rotatable bonds is 4. The van der Waals surface area contributed by atoms with E-state index < -0.39 is 0 Å². The third-order valence-electron chi connectivity index (χ3n) is 3.53. The number of H-pyrrole nitrogens is 1. The lowest BCUT2D eigenvalue weighted by Gasteiger charge is -2.26. The molecule has 1 aliphatic heterocycles. The van der Waals surface area contributed by atoms with Crippen LogP contribution in [0.2, 0.25) is 0 Å². The second-order valence-electron chi connectivity index (χ2n) is 5.07. The summed E-state index contributed by atoms with van der Waals surface area (Å²) in [5.74, 6) is 1.48. The third-order valence-corrected chi connectivity index (χ3v) is 3.53. The van der Waals surface area contributed by atoms with Crippen molar-refractivity contribution < 1.29 is 4.42 Å². The number of nitrogens with one attached hydrogen (secondary N) is 1. The summed E-state index contributed by atoms with van der Waals surface area (Å²) in [7, 11) is 0. The predicted molar refractivity (Wildman–Crippen MR) is 73.2 cm³/mol. The van der Waals surface area contributed by atoms with Gasteiger partial charge in [0.2, 0.25) is 5.89 Å². The fourth-order valence-electron chi connectivity index (χ4n) is 2.54. The molecule has 1 aliphatic rings. The van der Waals surface area contributed by atoms with E-state index in [0.717, 1.165) is 42.9 Å². The Morgan fingerprint density at radius 1 is 1.50 bits per heavy atom. The number of aryl methyl sites for hydroxylation is 1. The quantitative estimate of drug-likeness (QED) is 0.908. The first kappa shape index (κ1) is 13.1. The molecule has 0 bridgehead atoms. The minimum Gasteiger partial charge on any atom is -0.448 e. The average molecular weight is 274 g/mol. The van der Waals surface area contributed by atoms with Crippen molar-refractivity contribution in [3.8, 4) is 0 Å². The van der Waals surface area contributed by atoms with Crippen LogP contribution in [-0.4, -0.2) is 26.4 Å². The molecule has 2 aromatic rings. The fraction of sp³-hybridized carbons (Fsp3) is 0.500. The molecule has 20 heavy (non-hydrogen) atoms. The summed E-state index contributed by atoms with van der Waals surface area (Å²) in [4.78, 5) is 25.9. The third kappa shape index (κ3) is 2.65. The molecule has 0 radical (unpaired) electrons. The molecule has 0 aromatic carbocycles. The van der Waals surface area contributed by atoms with Crippen LogP contribution < -0.4 is 5.56 Å². The van der Waals surface area contributed by atoms with Crippen molar-refractivity contribution in [1.29, 1.82) is 0 Å². The lowest BCUT2D eigenvalue weighted by Crippen LogP contribution is -2.35. The standard InChI is InChI=1S/C14H18N4O2/c1-2-3-12-16-11-4-6-18(8-10(11)14(19)17-12)9-13-15-5-7-20-13/h5,7H,2-4,6,8-9H2,1H3,(H,16,17,19). The molecule has 3 heterocycles. The molecule has 106 valence electrons. The van der Waals surface area contributed by atoms with Gasteiger partial charge in [-0.1, -0.05) is 6.92 Å². The van der Waals surface area contributed by atoms with Crippen molar-refractivity contribution in [2.75, 3.05) is 6.54 Å². The molecule has 0 amide bonds. The van der Waals surface area contributed by atoms with Crippen molar-refractivity contribution >= 4 is 0 Å². The molecule has 0 fully saturated rings. The van der Waals surface area contributed by atoms with Crippen LogP contribution in [0.5, 0.6) is 0 Å². The summed E-state index contributed by atoms with van der Waals surface area (Å²) in [5, 5.41) is 0. The summed E-state index contributed by atoms with van der Waals surface area (Å²) in [6.45, 7) is 4.18. The van der Waals surface area contributed by atoms with Crippen molar-refractivity contribution in [2.24, 2.45) is 0 Å². The molecule has 6 nitrogen and oxygen atoms in total. The van der Waals surface area contributed by atoms with E-state index in [0.29, 0.717) is 19.0 Å². The van der Waals surface area contributed by atoms with Gasteiger partial charge in [0.25, 0.3) is 5.56 Å². The van der Waals surface area contributed by atoms with Gasteiger partial charge in [-0.25, -0.2) is 9.97 Å².